The van der Waals surface area contributed by atoms with Crippen LogP contribution in [0.2, 0.25) is 0 Å². The molecule has 0 amide bonds. The van der Waals surface area contributed by atoms with Gasteiger partial charge in [-0.25, -0.2) is 4.98 Å². The Morgan fingerprint density at radius 3 is 2.25 bits per heavy atom. The molecule has 0 atom stereocenters. The van der Waals surface area contributed by atoms with Crippen molar-refractivity contribution in [2.24, 2.45) is 0 Å². The molecular weight excluding hydrogens is 246 g/mol. The summed E-state index contributed by atoms with van der Waals surface area (Å²) in [7, 11) is 0. The molecule has 0 radical (unpaired) electrons. The molecule has 0 spiro atoms. The zero-order valence-corrected chi connectivity index (χ0v) is 11.2. The van der Waals surface area contributed by atoms with Gasteiger partial charge in [-0.05, 0) is 24.1 Å². The lowest BCUT2D eigenvalue weighted by Gasteiger charge is -2.07. The number of pyridine rings is 1. The van der Waals surface area contributed by atoms with Crippen LogP contribution in [0.25, 0.3) is 22.4 Å². The molecule has 1 heterocycles. The first-order chi connectivity index (χ1) is 9.72. The second-order valence-corrected chi connectivity index (χ2v) is 4.83. The quantitative estimate of drug-likeness (QED) is 0.740. The number of hydrogen-bond acceptors (Lipinski definition) is 2. The number of benzene rings is 2. The fraction of sp³-hybridized carbons (Fsp3) is 0.0556. The van der Waals surface area contributed by atoms with Gasteiger partial charge in [0.05, 0.1) is 5.69 Å². The molecule has 2 aromatic carbocycles. The summed E-state index contributed by atoms with van der Waals surface area (Å²) in [5, 5.41) is 9.87. The van der Waals surface area contributed by atoms with Gasteiger partial charge in [0, 0.05) is 11.6 Å². The molecule has 1 N–H and O–H groups in total. The van der Waals surface area contributed by atoms with Gasteiger partial charge in [0.25, 0.3) is 0 Å². The third kappa shape index (κ3) is 2.54. The van der Waals surface area contributed by atoms with Crippen LogP contribution in [0, 0.1) is 6.92 Å². The van der Waals surface area contributed by atoms with Gasteiger partial charge in [0.15, 0.2) is 0 Å². The molecule has 2 heteroatoms. The van der Waals surface area contributed by atoms with Crippen molar-refractivity contribution in [2.45, 2.75) is 6.92 Å². The lowest BCUT2D eigenvalue weighted by atomic mass is 10.0. The number of rotatable bonds is 2. The van der Waals surface area contributed by atoms with E-state index in [2.05, 4.69) is 24.0 Å². The monoisotopic (exact) mass is 261 g/mol. The maximum atomic E-state index is 9.87. The molecule has 20 heavy (non-hydrogen) atoms. The number of aromatic nitrogens is 1. The number of nitrogens with zero attached hydrogens (tertiary/aromatic N) is 1. The standard InChI is InChI=1S/C18H15NO/c1-13-6-5-9-15(10-13)16-11-17(19-18(20)12-16)14-7-3-2-4-8-14/h2-12H,1H3,(H,19,20). The first kappa shape index (κ1) is 12.4. The second-order valence-electron chi connectivity index (χ2n) is 4.83. The van der Waals surface area contributed by atoms with E-state index in [4.69, 9.17) is 0 Å². The van der Waals surface area contributed by atoms with Crippen molar-refractivity contribution in [3.8, 4) is 28.3 Å². The van der Waals surface area contributed by atoms with Crippen LogP contribution in [0.4, 0.5) is 0 Å². The highest BCUT2D eigenvalue weighted by Gasteiger charge is 2.06. The molecule has 1 aromatic heterocycles. The SMILES string of the molecule is Cc1cccc(-c2cc(O)nc(-c3ccccc3)c2)c1. The minimum absolute atomic E-state index is 0.0443. The minimum atomic E-state index is 0.0443. The minimum Gasteiger partial charge on any atom is -0.493 e. The summed E-state index contributed by atoms with van der Waals surface area (Å²) in [6.45, 7) is 2.06. The van der Waals surface area contributed by atoms with E-state index < -0.39 is 0 Å². The average Bonchev–Trinajstić information content (AvgIpc) is 2.47. The summed E-state index contributed by atoms with van der Waals surface area (Å²) in [6, 6.07) is 21.8. The van der Waals surface area contributed by atoms with Crippen molar-refractivity contribution in [1.82, 2.24) is 4.98 Å². The maximum Gasteiger partial charge on any atom is 0.211 e. The molecule has 2 nitrogen and oxygen atoms in total. The van der Waals surface area contributed by atoms with Crippen LogP contribution in [0.5, 0.6) is 5.88 Å². The number of aryl methyl sites for hydroxylation is 1. The summed E-state index contributed by atoms with van der Waals surface area (Å²) >= 11 is 0. The van der Waals surface area contributed by atoms with E-state index in [1.807, 2.05) is 48.5 Å². The van der Waals surface area contributed by atoms with Crippen molar-refractivity contribution >= 4 is 0 Å². The molecule has 3 rings (SSSR count). The Labute approximate surface area is 118 Å². The van der Waals surface area contributed by atoms with Crippen LogP contribution in [-0.2, 0) is 0 Å². The number of aromatic hydroxyl groups is 1. The molecule has 0 unspecified atom stereocenters. The van der Waals surface area contributed by atoms with E-state index in [-0.39, 0.29) is 5.88 Å². The highest BCUT2D eigenvalue weighted by Crippen LogP contribution is 2.28. The lowest BCUT2D eigenvalue weighted by Crippen LogP contribution is -1.87. The molecule has 0 aliphatic rings. The predicted octanol–water partition coefficient (Wildman–Crippen LogP) is 4.43. The van der Waals surface area contributed by atoms with Crippen molar-refractivity contribution in [2.75, 3.05) is 0 Å². The van der Waals surface area contributed by atoms with E-state index >= 15 is 0 Å². The second kappa shape index (κ2) is 5.17. The van der Waals surface area contributed by atoms with Gasteiger partial charge in [-0.15, -0.1) is 0 Å². The summed E-state index contributed by atoms with van der Waals surface area (Å²) in [6.07, 6.45) is 0. The molecule has 0 saturated heterocycles. The van der Waals surface area contributed by atoms with Crippen LogP contribution >= 0.6 is 0 Å². The van der Waals surface area contributed by atoms with Crippen molar-refractivity contribution in [3.05, 3.63) is 72.3 Å². The molecule has 0 aliphatic heterocycles. The largest absolute Gasteiger partial charge is 0.493 e. The Morgan fingerprint density at radius 2 is 1.50 bits per heavy atom. The van der Waals surface area contributed by atoms with Gasteiger partial charge in [-0.2, -0.15) is 0 Å². The molecule has 3 aromatic rings. The van der Waals surface area contributed by atoms with E-state index in [9.17, 15) is 5.11 Å². The van der Waals surface area contributed by atoms with Crippen LogP contribution in [0.3, 0.4) is 0 Å². The van der Waals surface area contributed by atoms with Crippen LogP contribution in [0.1, 0.15) is 5.56 Å². The van der Waals surface area contributed by atoms with E-state index in [0.29, 0.717) is 0 Å². The topological polar surface area (TPSA) is 33.1 Å². The van der Waals surface area contributed by atoms with Crippen LogP contribution in [0.15, 0.2) is 66.7 Å². The maximum absolute atomic E-state index is 9.87. The molecule has 0 fully saturated rings. The highest BCUT2D eigenvalue weighted by molar-refractivity contribution is 5.72. The van der Waals surface area contributed by atoms with Crippen molar-refractivity contribution in [3.63, 3.8) is 0 Å². The van der Waals surface area contributed by atoms with Crippen LogP contribution in [-0.4, -0.2) is 10.1 Å². The summed E-state index contributed by atoms with van der Waals surface area (Å²) in [4.78, 5) is 4.21. The fourth-order valence-corrected chi connectivity index (χ4v) is 2.26. The Morgan fingerprint density at radius 1 is 0.750 bits per heavy atom. The Bertz CT molecular complexity index is 735. The van der Waals surface area contributed by atoms with Gasteiger partial charge in [-0.3, -0.25) is 0 Å². The van der Waals surface area contributed by atoms with Gasteiger partial charge >= 0.3 is 0 Å². The van der Waals surface area contributed by atoms with E-state index in [1.54, 1.807) is 6.07 Å². The average molecular weight is 261 g/mol. The van der Waals surface area contributed by atoms with Gasteiger partial charge in [0.1, 0.15) is 0 Å². The zero-order valence-electron chi connectivity index (χ0n) is 11.2. The van der Waals surface area contributed by atoms with Crippen molar-refractivity contribution in [1.29, 1.82) is 0 Å². The highest BCUT2D eigenvalue weighted by atomic mass is 16.3. The summed E-state index contributed by atoms with van der Waals surface area (Å²) < 4.78 is 0. The van der Waals surface area contributed by atoms with E-state index in [1.165, 1.54) is 5.56 Å². The molecule has 98 valence electrons. The smallest absolute Gasteiger partial charge is 0.211 e. The van der Waals surface area contributed by atoms with E-state index in [0.717, 1.165) is 22.4 Å². The van der Waals surface area contributed by atoms with Crippen LogP contribution < -0.4 is 0 Å². The molecule has 0 aliphatic carbocycles. The predicted molar refractivity (Wildman–Crippen MR) is 81.5 cm³/mol. The molecular formula is C18H15NO. The Kier molecular flexibility index (Phi) is 3.21. The van der Waals surface area contributed by atoms with Crippen molar-refractivity contribution < 1.29 is 5.11 Å². The molecule has 0 saturated carbocycles. The third-order valence-electron chi connectivity index (χ3n) is 3.23. The normalized spacial score (nSPS) is 10.4. The third-order valence-corrected chi connectivity index (χ3v) is 3.23. The van der Waals surface area contributed by atoms with Gasteiger partial charge < -0.3 is 5.11 Å². The fourth-order valence-electron chi connectivity index (χ4n) is 2.26. The van der Waals surface area contributed by atoms with Gasteiger partial charge in [0.2, 0.25) is 5.88 Å². The van der Waals surface area contributed by atoms with Gasteiger partial charge in [-0.1, -0.05) is 60.2 Å². The first-order valence-corrected chi connectivity index (χ1v) is 6.56. The summed E-state index contributed by atoms with van der Waals surface area (Å²) in [5.74, 6) is 0.0443. The zero-order chi connectivity index (χ0) is 13.9. The summed E-state index contributed by atoms with van der Waals surface area (Å²) in [5.41, 5.74) is 5.03. The molecule has 0 bridgehead atoms. The number of hydrogen-bond donors (Lipinski definition) is 1. The Balaban J connectivity index is 2.12. The Hall–Kier alpha value is -2.61. The first-order valence-electron chi connectivity index (χ1n) is 6.56. The lowest BCUT2D eigenvalue weighted by molar-refractivity contribution is 0.454.